The summed E-state index contributed by atoms with van der Waals surface area (Å²) in [4.78, 5) is 12.6. The van der Waals surface area contributed by atoms with Gasteiger partial charge in [0.1, 0.15) is 11.3 Å². The van der Waals surface area contributed by atoms with E-state index >= 15 is 0 Å². The highest BCUT2D eigenvalue weighted by Gasteiger charge is 2.17. The molecule has 0 aliphatic rings. The Morgan fingerprint density at radius 1 is 1.20 bits per heavy atom. The van der Waals surface area contributed by atoms with Gasteiger partial charge < -0.3 is 14.3 Å². The molecule has 1 heterocycles. The van der Waals surface area contributed by atoms with Gasteiger partial charge in [-0.2, -0.15) is 0 Å². The molecule has 1 aromatic heterocycles. The number of aromatic hydroxyl groups is 1. The molecule has 4 heteroatoms. The molecule has 3 rings (SSSR count). The van der Waals surface area contributed by atoms with Gasteiger partial charge in [0, 0.05) is 5.56 Å². The van der Waals surface area contributed by atoms with Crippen molar-refractivity contribution in [2.45, 2.75) is 19.8 Å². The number of hydrogen-bond donors (Lipinski definition) is 1. The minimum absolute atomic E-state index is 0.169. The summed E-state index contributed by atoms with van der Waals surface area (Å²) in [6, 6.07) is 12.4. The van der Waals surface area contributed by atoms with Gasteiger partial charge in [-0.25, -0.2) is 0 Å². The Morgan fingerprint density at radius 3 is 2.56 bits per heavy atom. The summed E-state index contributed by atoms with van der Waals surface area (Å²) < 4.78 is 11.1. The van der Waals surface area contributed by atoms with E-state index < -0.39 is 5.43 Å². The van der Waals surface area contributed by atoms with E-state index in [-0.39, 0.29) is 11.5 Å². The van der Waals surface area contributed by atoms with E-state index in [1.807, 2.05) is 13.0 Å². The number of rotatable bonds is 5. The van der Waals surface area contributed by atoms with E-state index in [1.54, 1.807) is 43.5 Å². The van der Waals surface area contributed by atoms with Crippen molar-refractivity contribution in [2.24, 2.45) is 0 Å². The van der Waals surface area contributed by atoms with Crippen LogP contribution >= 0.6 is 0 Å². The maximum absolute atomic E-state index is 12.6. The van der Waals surface area contributed by atoms with Gasteiger partial charge in [0.25, 0.3) is 0 Å². The zero-order valence-electron chi connectivity index (χ0n) is 14.3. The molecule has 0 saturated heterocycles. The predicted molar refractivity (Wildman–Crippen MR) is 99.3 cm³/mol. The van der Waals surface area contributed by atoms with Crippen LogP contribution in [-0.2, 0) is 6.42 Å². The molecule has 0 amide bonds. The van der Waals surface area contributed by atoms with Gasteiger partial charge in [0.2, 0.25) is 11.2 Å². The summed E-state index contributed by atoms with van der Waals surface area (Å²) >= 11 is 0. The maximum atomic E-state index is 12.6. The van der Waals surface area contributed by atoms with Crippen LogP contribution in [0.3, 0.4) is 0 Å². The molecule has 0 radical (unpaired) electrons. The molecule has 0 unspecified atom stereocenters. The Hall–Kier alpha value is -3.01. The summed E-state index contributed by atoms with van der Waals surface area (Å²) in [5, 5.41) is 10.7. The molecule has 0 atom stereocenters. The van der Waals surface area contributed by atoms with Crippen LogP contribution in [0.2, 0.25) is 0 Å². The number of para-hydroxylation sites is 1. The third-order valence-corrected chi connectivity index (χ3v) is 4.15. The van der Waals surface area contributed by atoms with E-state index in [2.05, 4.69) is 6.58 Å². The van der Waals surface area contributed by atoms with Crippen molar-refractivity contribution in [3.05, 3.63) is 70.4 Å². The summed E-state index contributed by atoms with van der Waals surface area (Å²) in [5.74, 6) is 0.478. The first kappa shape index (κ1) is 16.8. The lowest BCUT2D eigenvalue weighted by atomic mass is 10.0. The molecule has 0 aliphatic carbocycles. The summed E-state index contributed by atoms with van der Waals surface area (Å²) in [6.45, 7) is 5.89. The van der Waals surface area contributed by atoms with E-state index in [4.69, 9.17) is 9.15 Å². The molecule has 0 bridgehead atoms. The van der Waals surface area contributed by atoms with Crippen molar-refractivity contribution in [2.75, 3.05) is 7.11 Å². The second-order valence-electron chi connectivity index (χ2n) is 6.09. The fourth-order valence-electron chi connectivity index (χ4n) is 2.75. The van der Waals surface area contributed by atoms with Gasteiger partial charge in [-0.1, -0.05) is 17.7 Å². The van der Waals surface area contributed by atoms with Gasteiger partial charge in [0.05, 0.1) is 12.5 Å². The fourth-order valence-corrected chi connectivity index (χ4v) is 2.75. The zero-order chi connectivity index (χ0) is 18.0. The van der Waals surface area contributed by atoms with Crippen molar-refractivity contribution in [3.8, 4) is 22.8 Å². The van der Waals surface area contributed by atoms with Crippen molar-refractivity contribution in [3.63, 3.8) is 0 Å². The Morgan fingerprint density at radius 2 is 1.92 bits per heavy atom. The highest BCUT2D eigenvalue weighted by atomic mass is 16.5. The van der Waals surface area contributed by atoms with Crippen LogP contribution in [0.1, 0.15) is 18.9 Å². The quantitative estimate of drug-likeness (QED) is 0.687. The number of allylic oxidation sites excluding steroid dienone is 1. The van der Waals surface area contributed by atoms with Gasteiger partial charge in [-0.15, -0.1) is 6.58 Å². The lowest BCUT2D eigenvalue weighted by molar-refractivity contribution is 0.414. The molecule has 25 heavy (non-hydrogen) atoms. The van der Waals surface area contributed by atoms with E-state index in [9.17, 15) is 9.90 Å². The van der Waals surface area contributed by atoms with E-state index in [1.165, 1.54) is 0 Å². The van der Waals surface area contributed by atoms with Crippen molar-refractivity contribution in [1.82, 2.24) is 0 Å². The number of aryl methyl sites for hydroxylation is 1. The Balaban J connectivity index is 2.18. The molecule has 0 fully saturated rings. The summed E-state index contributed by atoms with van der Waals surface area (Å²) in [6.07, 6.45) is 1.53. The van der Waals surface area contributed by atoms with Crippen molar-refractivity contribution >= 4 is 11.0 Å². The molecule has 2 aromatic carbocycles. The predicted octanol–water partition coefficient (Wildman–Crippen LogP) is 4.68. The van der Waals surface area contributed by atoms with Gasteiger partial charge in [-0.05, 0) is 55.7 Å². The third-order valence-electron chi connectivity index (χ3n) is 4.15. The summed E-state index contributed by atoms with van der Waals surface area (Å²) in [5.41, 5.74) is 2.69. The number of hydrogen-bond acceptors (Lipinski definition) is 4. The molecule has 128 valence electrons. The van der Waals surface area contributed by atoms with E-state index in [0.29, 0.717) is 22.3 Å². The molecule has 1 N–H and O–H groups in total. The maximum Gasteiger partial charge on any atom is 0.235 e. The van der Waals surface area contributed by atoms with Crippen LogP contribution < -0.4 is 10.2 Å². The number of methoxy groups -OCH3 is 1. The lowest BCUT2D eigenvalue weighted by Gasteiger charge is -2.10. The van der Waals surface area contributed by atoms with Crippen LogP contribution in [0, 0.1) is 0 Å². The second-order valence-corrected chi connectivity index (χ2v) is 6.09. The standard InChI is InChI=1S/C21H20O4/c1-13(2)7-8-14-5-4-6-17-18(22)19(23)21(25-20(14)17)15-9-11-16(24-3)12-10-15/h4-6,9-12,23H,1,7-8H2,2-3H3. The topological polar surface area (TPSA) is 59.7 Å². The second kappa shape index (κ2) is 6.85. The average Bonchev–Trinajstić information content (AvgIpc) is 2.63. The largest absolute Gasteiger partial charge is 0.502 e. The Bertz CT molecular complexity index is 981. The summed E-state index contributed by atoms with van der Waals surface area (Å²) in [7, 11) is 1.58. The van der Waals surface area contributed by atoms with Gasteiger partial charge in [-0.3, -0.25) is 4.79 Å². The number of fused-ring (bicyclic) bond motifs is 1. The molecular weight excluding hydrogens is 316 g/mol. The third kappa shape index (κ3) is 3.29. The Kier molecular flexibility index (Phi) is 4.61. The van der Waals surface area contributed by atoms with Gasteiger partial charge >= 0.3 is 0 Å². The molecular formula is C21H20O4. The highest BCUT2D eigenvalue weighted by molar-refractivity contribution is 5.84. The first-order valence-electron chi connectivity index (χ1n) is 8.07. The molecule has 0 saturated carbocycles. The van der Waals surface area contributed by atoms with Crippen molar-refractivity contribution in [1.29, 1.82) is 0 Å². The van der Waals surface area contributed by atoms with Crippen LogP contribution in [0.5, 0.6) is 11.5 Å². The molecule has 0 aliphatic heterocycles. The SMILES string of the molecule is C=C(C)CCc1cccc2c(=O)c(O)c(-c3ccc(OC)cc3)oc12. The molecule has 4 nitrogen and oxygen atoms in total. The fraction of sp³-hybridized carbons (Fsp3) is 0.190. The average molecular weight is 336 g/mol. The molecule has 0 spiro atoms. The van der Waals surface area contributed by atoms with E-state index in [0.717, 1.165) is 24.0 Å². The Labute approximate surface area is 146 Å². The minimum atomic E-state index is -0.427. The lowest BCUT2D eigenvalue weighted by Crippen LogP contribution is -2.04. The van der Waals surface area contributed by atoms with Crippen LogP contribution in [0.25, 0.3) is 22.3 Å². The molecule has 3 aromatic rings. The van der Waals surface area contributed by atoms with Crippen LogP contribution in [-0.4, -0.2) is 12.2 Å². The normalized spacial score (nSPS) is 10.8. The number of benzene rings is 2. The first-order valence-corrected chi connectivity index (χ1v) is 8.07. The highest BCUT2D eigenvalue weighted by Crippen LogP contribution is 2.32. The van der Waals surface area contributed by atoms with Crippen LogP contribution in [0.4, 0.5) is 0 Å². The number of ether oxygens (including phenoxy) is 1. The monoisotopic (exact) mass is 336 g/mol. The van der Waals surface area contributed by atoms with Gasteiger partial charge in [0.15, 0.2) is 5.76 Å². The zero-order valence-corrected chi connectivity index (χ0v) is 14.3. The van der Waals surface area contributed by atoms with Crippen molar-refractivity contribution < 1.29 is 14.3 Å². The first-order chi connectivity index (χ1) is 12.0. The smallest absolute Gasteiger partial charge is 0.235 e. The van der Waals surface area contributed by atoms with Crippen LogP contribution in [0.15, 0.2) is 63.8 Å². The minimum Gasteiger partial charge on any atom is -0.502 e.